The van der Waals surface area contributed by atoms with Crippen LogP contribution in [0.2, 0.25) is 0 Å². The van der Waals surface area contributed by atoms with Gasteiger partial charge in [-0.3, -0.25) is 15.0 Å². The van der Waals surface area contributed by atoms with E-state index in [9.17, 15) is 9.59 Å². The number of primary amides is 1. The van der Waals surface area contributed by atoms with Crippen molar-refractivity contribution in [1.82, 2.24) is 4.68 Å². The van der Waals surface area contributed by atoms with Crippen LogP contribution in [0.3, 0.4) is 0 Å². The molecule has 3 rings (SSSR count). The molecule has 2 aromatic rings. The Labute approximate surface area is 137 Å². The predicted molar refractivity (Wildman–Crippen MR) is 93.0 cm³/mol. The molecular weight excluding hydrogens is 314 g/mol. The number of amides is 1. The number of nitrogen functional groups attached to an aromatic ring is 1. The number of nitrogens with one attached hydrogen (secondary N) is 1. The summed E-state index contributed by atoms with van der Waals surface area (Å²) in [5, 5.41) is 0.816. The molecule has 1 aliphatic rings. The second-order valence-corrected chi connectivity index (χ2v) is 6.43. The van der Waals surface area contributed by atoms with Crippen molar-refractivity contribution in [2.75, 3.05) is 29.1 Å². The second kappa shape index (κ2) is 6.33. The minimum absolute atomic E-state index is 0.165. The van der Waals surface area contributed by atoms with E-state index < -0.39 is 5.91 Å². The minimum Gasteiger partial charge on any atom is -0.381 e. The van der Waals surface area contributed by atoms with Crippen LogP contribution in [0.4, 0.5) is 16.5 Å². The maximum atomic E-state index is 12.2. The van der Waals surface area contributed by atoms with Crippen molar-refractivity contribution in [2.45, 2.75) is 19.3 Å². The molecule has 23 heavy (non-hydrogen) atoms. The summed E-state index contributed by atoms with van der Waals surface area (Å²) in [6, 6.07) is 6.57. The summed E-state index contributed by atoms with van der Waals surface area (Å²) in [7, 11) is 0. The molecule has 1 aromatic heterocycles. The van der Waals surface area contributed by atoms with Gasteiger partial charge >= 0.3 is 4.87 Å². The van der Waals surface area contributed by atoms with E-state index in [0.29, 0.717) is 17.1 Å². The summed E-state index contributed by atoms with van der Waals surface area (Å²) in [6.45, 7) is 1.86. The number of thiazole rings is 1. The van der Waals surface area contributed by atoms with Gasteiger partial charge in [-0.15, -0.1) is 0 Å². The molecule has 0 unspecified atom stereocenters. The molecule has 8 heteroatoms. The van der Waals surface area contributed by atoms with E-state index in [2.05, 4.69) is 10.3 Å². The van der Waals surface area contributed by atoms with Gasteiger partial charge in [-0.2, -0.15) is 4.68 Å². The first kappa shape index (κ1) is 15.4. The molecule has 1 fully saturated rings. The van der Waals surface area contributed by atoms with E-state index in [-0.39, 0.29) is 4.87 Å². The molecular formula is C15H19N5O2S. The zero-order valence-corrected chi connectivity index (χ0v) is 13.4. The zero-order valence-electron chi connectivity index (χ0n) is 12.6. The van der Waals surface area contributed by atoms with Gasteiger partial charge in [0.25, 0.3) is 0 Å². The van der Waals surface area contributed by atoms with E-state index in [1.54, 1.807) is 24.3 Å². The second-order valence-electron chi connectivity index (χ2n) is 5.49. The summed E-state index contributed by atoms with van der Waals surface area (Å²) < 4.78 is 1.34. The number of piperidine rings is 1. The first-order valence-electron chi connectivity index (χ1n) is 7.49. The van der Waals surface area contributed by atoms with Crippen molar-refractivity contribution < 1.29 is 4.79 Å². The largest absolute Gasteiger partial charge is 0.381 e. The van der Waals surface area contributed by atoms with E-state index in [1.165, 1.54) is 11.1 Å². The van der Waals surface area contributed by atoms with Gasteiger partial charge in [0, 0.05) is 18.7 Å². The SMILES string of the molecule is NC(=O)c1ccc(Nn2c(N)c(N3CCCCC3)sc2=O)cc1. The summed E-state index contributed by atoms with van der Waals surface area (Å²) in [5.74, 6) is -0.0722. The van der Waals surface area contributed by atoms with Crippen LogP contribution in [0.5, 0.6) is 0 Å². The maximum Gasteiger partial charge on any atom is 0.329 e. The number of hydrogen-bond donors (Lipinski definition) is 3. The van der Waals surface area contributed by atoms with Crippen molar-refractivity contribution in [2.24, 2.45) is 5.73 Å². The fourth-order valence-corrected chi connectivity index (χ4v) is 3.55. The molecule has 0 radical (unpaired) electrons. The summed E-state index contributed by atoms with van der Waals surface area (Å²) in [4.78, 5) is 25.3. The number of carbonyl (C=O) groups excluding carboxylic acids is 1. The van der Waals surface area contributed by atoms with Gasteiger partial charge in [0.1, 0.15) is 5.00 Å². The summed E-state index contributed by atoms with van der Waals surface area (Å²) in [5.41, 5.74) is 15.4. The topological polar surface area (TPSA) is 106 Å². The summed E-state index contributed by atoms with van der Waals surface area (Å²) >= 11 is 1.15. The Hall–Kier alpha value is -2.48. The van der Waals surface area contributed by atoms with Crippen LogP contribution in [0.1, 0.15) is 29.6 Å². The van der Waals surface area contributed by atoms with Gasteiger partial charge in [0.2, 0.25) is 5.91 Å². The lowest BCUT2D eigenvalue weighted by atomic mass is 10.1. The van der Waals surface area contributed by atoms with E-state index in [1.807, 2.05) is 0 Å². The number of hydrogen-bond acceptors (Lipinski definition) is 6. The normalized spacial score (nSPS) is 14.7. The van der Waals surface area contributed by atoms with Gasteiger partial charge in [-0.1, -0.05) is 11.3 Å². The van der Waals surface area contributed by atoms with Crippen molar-refractivity contribution >= 4 is 33.8 Å². The molecule has 0 saturated carbocycles. The molecule has 0 bridgehead atoms. The fraction of sp³-hybridized carbons (Fsp3) is 0.333. The molecule has 5 N–H and O–H groups in total. The molecule has 0 spiro atoms. The molecule has 1 amide bonds. The quantitative estimate of drug-likeness (QED) is 0.785. The Bertz CT molecular complexity index is 759. The van der Waals surface area contributed by atoms with E-state index in [0.717, 1.165) is 42.3 Å². The van der Waals surface area contributed by atoms with Gasteiger partial charge in [0.05, 0.1) is 5.69 Å². The van der Waals surface area contributed by atoms with Crippen LogP contribution < -0.4 is 26.7 Å². The highest BCUT2D eigenvalue weighted by Gasteiger charge is 2.20. The van der Waals surface area contributed by atoms with E-state index in [4.69, 9.17) is 11.5 Å². The average molecular weight is 333 g/mol. The van der Waals surface area contributed by atoms with Gasteiger partial charge in [-0.05, 0) is 43.5 Å². The third-order valence-electron chi connectivity index (χ3n) is 3.88. The van der Waals surface area contributed by atoms with Crippen LogP contribution in [-0.2, 0) is 0 Å². The highest BCUT2D eigenvalue weighted by molar-refractivity contribution is 7.14. The van der Waals surface area contributed by atoms with Crippen molar-refractivity contribution in [3.8, 4) is 0 Å². The van der Waals surface area contributed by atoms with Crippen LogP contribution >= 0.6 is 11.3 Å². The first-order chi connectivity index (χ1) is 11.1. The molecule has 0 aliphatic carbocycles. The monoisotopic (exact) mass is 333 g/mol. The number of carbonyl (C=O) groups is 1. The highest BCUT2D eigenvalue weighted by Crippen LogP contribution is 2.29. The third kappa shape index (κ3) is 3.16. The number of rotatable bonds is 4. The molecule has 2 heterocycles. The third-order valence-corrected chi connectivity index (χ3v) is 4.90. The Kier molecular flexibility index (Phi) is 4.24. The number of benzene rings is 1. The lowest BCUT2D eigenvalue weighted by molar-refractivity contribution is 0.100. The molecule has 1 aromatic carbocycles. The van der Waals surface area contributed by atoms with Crippen LogP contribution in [0.25, 0.3) is 0 Å². The Morgan fingerprint density at radius 3 is 2.39 bits per heavy atom. The average Bonchev–Trinajstić information content (AvgIpc) is 2.84. The van der Waals surface area contributed by atoms with Gasteiger partial charge < -0.3 is 16.4 Å². The Morgan fingerprint density at radius 2 is 1.78 bits per heavy atom. The lowest BCUT2D eigenvalue weighted by Crippen LogP contribution is -2.29. The zero-order chi connectivity index (χ0) is 16.4. The summed E-state index contributed by atoms with van der Waals surface area (Å²) in [6.07, 6.45) is 3.46. The fourth-order valence-electron chi connectivity index (χ4n) is 2.64. The standard InChI is InChI=1S/C15H19N5O2S/c16-12-14(19-8-2-1-3-9-19)23-15(22)20(12)18-11-6-4-10(5-7-11)13(17)21/h4-7,18H,1-3,8-9,16H2,(H2,17,21). The van der Waals surface area contributed by atoms with E-state index >= 15 is 0 Å². The number of aromatic nitrogens is 1. The van der Waals surface area contributed by atoms with Gasteiger partial charge in [0.15, 0.2) is 5.82 Å². The number of anilines is 3. The van der Waals surface area contributed by atoms with Crippen LogP contribution in [-0.4, -0.2) is 23.7 Å². The first-order valence-corrected chi connectivity index (χ1v) is 8.31. The lowest BCUT2D eigenvalue weighted by Gasteiger charge is -2.27. The molecule has 7 nitrogen and oxygen atoms in total. The maximum absolute atomic E-state index is 12.2. The Morgan fingerprint density at radius 1 is 1.13 bits per heavy atom. The molecule has 122 valence electrons. The van der Waals surface area contributed by atoms with Gasteiger partial charge in [-0.25, -0.2) is 0 Å². The van der Waals surface area contributed by atoms with Crippen LogP contribution in [0.15, 0.2) is 29.1 Å². The van der Waals surface area contributed by atoms with Crippen molar-refractivity contribution in [3.05, 3.63) is 39.5 Å². The number of nitrogens with zero attached hydrogens (tertiary/aromatic N) is 2. The molecule has 1 aliphatic heterocycles. The molecule has 0 atom stereocenters. The van der Waals surface area contributed by atoms with Crippen molar-refractivity contribution in [1.29, 1.82) is 0 Å². The smallest absolute Gasteiger partial charge is 0.329 e. The molecule has 1 saturated heterocycles. The van der Waals surface area contributed by atoms with Crippen molar-refractivity contribution in [3.63, 3.8) is 0 Å². The number of nitrogens with two attached hydrogens (primary N) is 2. The predicted octanol–water partition coefficient (Wildman–Crippen LogP) is 1.46. The highest BCUT2D eigenvalue weighted by atomic mass is 32.1. The minimum atomic E-state index is -0.490. The van der Waals surface area contributed by atoms with Crippen LogP contribution in [0, 0.1) is 0 Å². The Balaban J connectivity index is 1.84.